The fourth-order valence-electron chi connectivity index (χ4n) is 2.74. The van der Waals surface area contributed by atoms with Crippen LogP contribution in [-0.2, 0) is 14.3 Å². The number of carbonyl (C=O) groups excluding carboxylic acids is 1. The highest BCUT2D eigenvalue weighted by molar-refractivity contribution is 5.82. The van der Waals surface area contributed by atoms with Crippen LogP contribution in [0.3, 0.4) is 0 Å². The van der Waals surface area contributed by atoms with Crippen LogP contribution < -0.4 is 10.6 Å². The van der Waals surface area contributed by atoms with Crippen LogP contribution in [0.15, 0.2) is 0 Å². The van der Waals surface area contributed by atoms with E-state index in [9.17, 15) is 4.79 Å². The van der Waals surface area contributed by atoms with Crippen LogP contribution in [0.25, 0.3) is 0 Å². The summed E-state index contributed by atoms with van der Waals surface area (Å²) in [4.78, 5) is 12.0. The number of hydrogen-bond acceptors (Lipinski definition) is 4. The van der Waals surface area contributed by atoms with Crippen LogP contribution in [0.1, 0.15) is 25.7 Å². The first kappa shape index (κ1) is 12.8. The smallest absolute Gasteiger partial charge is 0.237 e. The highest BCUT2D eigenvalue weighted by atomic mass is 16.5. The van der Waals surface area contributed by atoms with Gasteiger partial charge >= 0.3 is 0 Å². The van der Waals surface area contributed by atoms with Crippen molar-refractivity contribution in [3.05, 3.63) is 0 Å². The van der Waals surface area contributed by atoms with E-state index >= 15 is 0 Å². The summed E-state index contributed by atoms with van der Waals surface area (Å²) in [5.41, 5.74) is 0. The van der Waals surface area contributed by atoms with Crippen molar-refractivity contribution in [3.8, 4) is 0 Å². The zero-order valence-corrected chi connectivity index (χ0v) is 10.6. The fourth-order valence-corrected chi connectivity index (χ4v) is 2.74. The topological polar surface area (TPSA) is 59.6 Å². The van der Waals surface area contributed by atoms with Crippen molar-refractivity contribution in [2.45, 2.75) is 50.0 Å². The molecule has 1 aliphatic heterocycles. The zero-order valence-electron chi connectivity index (χ0n) is 10.6. The minimum absolute atomic E-state index is 0.0819. The maximum atomic E-state index is 12.0. The predicted octanol–water partition coefficient (Wildman–Crippen LogP) is 0.0470. The minimum atomic E-state index is -0.113. The fraction of sp³-hybridized carbons (Fsp3) is 0.917. The largest absolute Gasteiger partial charge is 0.380 e. The summed E-state index contributed by atoms with van der Waals surface area (Å²) >= 11 is 0. The van der Waals surface area contributed by atoms with Gasteiger partial charge in [-0.25, -0.2) is 0 Å². The van der Waals surface area contributed by atoms with Crippen LogP contribution in [0.5, 0.6) is 0 Å². The summed E-state index contributed by atoms with van der Waals surface area (Å²) in [5.74, 6) is 0.0819. The van der Waals surface area contributed by atoms with Crippen LogP contribution >= 0.6 is 0 Å². The second kappa shape index (κ2) is 5.80. The van der Waals surface area contributed by atoms with Gasteiger partial charge < -0.3 is 20.1 Å². The van der Waals surface area contributed by atoms with E-state index in [0.29, 0.717) is 0 Å². The number of methoxy groups -OCH3 is 2. The van der Waals surface area contributed by atoms with E-state index in [4.69, 9.17) is 9.47 Å². The summed E-state index contributed by atoms with van der Waals surface area (Å²) in [6.07, 6.45) is 4.28. The van der Waals surface area contributed by atoms with Gasteiger partial charge in [0.2, 0.25) is 5.91 Å². The van der Waals surface area contributed by atoms with Gasteiger partial charge in [-0.15, -0.1) is 0 Å². The molecule has 0 spiro atoms. The number of nitrogens with one attached hydrogen (secondary N) is 2. The Hall–Kier alpha value is -0.650. The van der Waals surface area contributed by atoms with Crippen molar-refractivity contribution in [2.24, 2.45) is 0 Å². The average molecular weight is 242 g/mol. The second-order valence-corrected chi connectivity index (χ2v) is 4.87. The van der Waals surface area contributed by atoms with Crippen LogP contribution in [0.2, 0.25) is 0 Å². The molecule has 1 aliphatic carbocycles. The van der Waals surface area contributed by atoms with Gasteiger partial charge in [-0.05, 0) is 25.7 Å². The SMILES string of the molecule is COC1CNC(C(=O)NC2CCCC2OC)C1. The van der Waals surface area contributed by atoms with E-state index in [1.54, 1.807) is 14.2 Å². The van der Waals surface area contributed by atoms with E-state index in [-0.39, 0.29) is 30.2 Å². The van der Waals surface area contributed by atoms with Crippen molar-refractivity contribution < 1.29 is 14.3 Å². The molecule has 17 heavy (non-hydrogen) atoms. The highest BCUT2D eigenvalue weighted by Crippen LogP contribution is 2.22. The summed E-state index contributed by atoms with van der Waals surface area (Å²) in [7, 11) is 3.40. The summed E-state index contributed by atoms with van der Waals surface area (Å²) in [6.45, 7) is 0.757. The Morgan fingerprint density at radius 3 is 2.76 bits per heavy atom. The molecule has 1 saturated heterocycles. The van der Waals surface area contributed by atoms with Crippen molar-refractivity contribution >= 4 is 5.91 Å². The maximum absolute atomic E-state index is 12.0. The molecule has 98 valence electrons. The molecule has 5 heteroatoms. The van der Waals surface area contributed by atoms with Crippen molar-refractivity contribution in [3.63, 3.8) is 0 Å². The molecule has 0 radical (unpaired) electrons. The number of ether oxygens (including phenoxy) is 2. The van der Waals surface area contributed by atoms with Crippen molar-refractivity contribution in [1.82, 2.24) is 10.6 Å². The Balaban J connectivity index is 1.81. The third kappa shape index (κ3) is 2.97. The summed E-state index contributed by atoms with van der Waals surface area (Å²) in [5, 5.41) is 6.27. The van der Waals surface area contributed by atoms with Gasteiger partial charge in [0.1, 0.15) is 0 Å². The second-order valence-electron chi connectivity index (χ2n) is 4.87. The first-order valence-electron chi connectivity index (χ1n) is 6.34. The quantitative estimate of drug-likeness (QED) is 0.731. The molecule has 0 bridgehead atoms. The van der Waals surface area contributed by atoms with Gasteiger partial charge in [-0.3, -0.25) is 4.79 Å². The third-order valence-corrected chi connectivity index (χ3v) is 3.82. The molecule has 4 unspecified atom stereocenters. The molecular formula is C12H22N2O3. The first-order valence-corrected chi connectivity index (χ1v) is 6.34. The molecule has 0 aromatic heterocycles. The predicted molar refractivity (Wildman–Crippen MR) is 63.8 cm³/mol. The van der Waals surface area contributed by atoms with Gasteiger partial charge in [0.05, 0.1) is 24.3 Å². The number of rotatable bonds is 4. The van der Waals surface area contributed by atoms with Crippen LogP contribution in [0.4, 0.5) is 0 Å². The number of amides is 1. The monoisotopic (exact) mass is 242 g/mol. The summed E-state index contributed by atoms with van der Waals surface area (Å²) < 4.78 is 10.6. The molecule has 1 amide bonds. The highest BCUT2D eigenvalue weighted by Gasteiger charge is 2.33. The Labute approximate surface area is 102 Å². The number of hydrogen-bond donors (Lipinski definition) is 2. The lowest BCUT2D eigenvalue weighted by Crippen LogP contribution is -2.48. The summed E-state index contributed by atoms with van der Waals surface area (Å²) in [6, 6.07) is 0.0638. The Bertz CT molecular complexity index is 272. The molecule has 0 aromatic rings. The average Bonchev–Trinajstić information content (AvgIpc) is 2.96. The molecular weight excluding hydrogens is 220 g/mol. The molecule has 2 aliphatic rings. The van der Waals surface area contributed by atoms with Crippen molar-refractivity contribution in [1.29, 1.82) is 0 Å². The Kier molecular flexibility index (Phi) is 4.36. The minimum Gasteiger partial charge on any atom is -0.380 e. The lowest BCUT2D eigenvalue weighted by Gasteiger charge is -2.21. The van der Waals surface area contributed by atoms with E-state index in [0.717, 1.165) is 32.2 Å². The maximum Gasteiger partial charge on any atom is 0.237 e. The van der Waals surface area contributed by atoms with Crippen molar-refractivity contribution in [2.75, 3.05) is 20.8 Å². The lowest BCUT2D eigenvalue weighted by atomic mass is 10.1. The molecule has 2 N–H and O–H groups in total. The van der Waals surface area contributed by atoms with Gasteiger partial charge in [-0.1, -0.05) is 0 Å². The van der Waals surface area contributed by atoms with Gasteiger partial charge in [0.15, 0.2) is 0 Å². The van der Waals surface area contributed by atoms with Gasteiger partial charge in [0.25, 0.3) is 0 Å². The van der Waals surface area contributed by atoms with E-state index < -0.39 is 0 Å². The van der Waals surface area contributed by atoms with Gasteiger partial charge in [-0.2, -0.15) is 0 Å². The normalized spacial score (nSPS) is 37.3. The molecule has 4 atom stereocenters. The molecule has 2 rings (SSSR count). The first-order chi connectivity index (χ1) is 8.24. The third-order valence-electron chi connectivity index (χ3n) is 3.82. The molecule has 0 aromatic carbocycles. The lowest BCUT2D eigenvalue weighted by molar-refractivity contribution is -0.124. The van der Waals surface area contributed by atoms with E-state index in [1.807, 2.05) is 0 Å². The van der Waals surface area contributed by atoms with E-state index in [1.165, 1.54) is 0 Å². The Morgan fingerprint density at radius 2 is 2.12 bits per heavy atom. The molecule has 1 saturated carbocycles. The Morgan fingerprint density at radius 1 is 1.29 bits per heavy atom. The van der Waals surface area contributed by atoms with Crippen LogP contribution in [0, 0.1) is 0 Å². The zero-order chi connectivity index (χ0) is 12.3. The van der Waals surface area contributed by atoms with Gasteiger partial charge in [0, 0.05) is 20.8 Å². The molecule has 1 heterocycles. The van der Waals surface area contributed by atoms with E-state index in [2.05, 4.69) is 10.6 Å². The number of carbonyl (C=O) groups is 1. The standard InChI is InChI=1S/C12H22N2O3/c1-16-8-6-10(13-7-8)12(15)14-9-4-3-5-11(9)17-2/h8-11,13H,3-7H2,1-2H3,(H,14,15). The molecule has 2 fully saturated rings. The molecule has 5 nitrogen and oxygen atoms in total. The van der Waals surface area contributed by atoms with Crippen LogP contribution in [-0.4, -0.2) is 51.0 Å².